The van der Waals surface area contributed by atoms with Gasteiger partial charge in [0.25, 0.3) is 13.3 Å². The van der Waals surface area contributed by atoms with Crippen molar-refractivity contribution in [3.63, 3.8) is 0 Å². The first-order chi connectivity index (χ1) is 12.8. The van der Waals surface area contributed by atoms with Gasteiger partial charge in [0.05, 0.1) is 16.9 Å². The number of carbonyl (C=O) groups excluding carboxylic acids is 1. The second-order valence-electron chi connectivity index (χ2n) is 6.35. The number of nitrogens with two attached hydrogens (primary N) is 1. The third-order valence-corrected chi connectivity index (χ3v) is 7.08. The van der Waals surface area contributed by atoms with Crippen LogP contribution in [0.4, 0.5) is 0 Å². The highest BCUT2D eigenvalue weighted by Gasteiger charge is 2.35. The van der Waals surface area contributed by atoms with E-state index >= 15 is 0 Å². The number of amides is 1. The maximum Gasteiger partial charge on any atom is 0.266 e. The molecule has 0 radical (unpaired) electrons. The predicted molar refractivity (Wildman–Crippen MR) is 106 cm³/mol. The molecular weight excluding hydrogens is 361 g/mol. The molecular formula is C20H20N3O3P. The van der Waals surface area contributed by atoms with Crippen LogP contribution in [0.25, 0.3) is 10.9 Å². The number of aryl methyl sites for hydroxylation is 2. The summed E-state index contributed by atoms with van der Waals surface area (Å²) in [7, 11) is -2.34. The number of H-pyrrole nitrogens is 1. The van der Waals surface area contributed by atoms with E-state index in [0.717, 1.165) is 11.1 Å². The molecule has 138 valence electrons. The van der Waals surface area contributed by atoms with Gasteiger partial charge in [0, 0.05) is 23.3 Å². The van der Waals surface area contributed by atoms with Gasteiger partial charge in [-0.2, -0.15) is 5.26 Å². The van der Waals surface area contributed by atoms with Crippen molar-refractivity contribution in [3.05, 3.63) is 58.8 Å². The average molecular weight is 381 g/mol. The van der Waals surface area contributed by atoms with Crippen molar-refractivity contribution in [2.75, 3.05) is 7.11 Å². The Bertz CT molecular complexity index is 1140. The van der Waals surface area contributed by atoms with Crippen LogP contribution < -0.4 is 16.3 Å². The number of aromatic amines is 1. The summed E-state index contributed by atoms with van der Waals surface area (Å²) >= 11 is 0. The summed E-state index contributed by atoms with van der Waals surface area (Å²) < 4.78 is 19.6. The molecule has 0 saturated carbocycles. The fourth-order valence-electron chi connectivity index (χ4n) is 3.21. The van der Waals surface area contributed by atoms with Gasteiger partial charge < -0.3 is 15.2 Å². The molecule has 6 nitrogen and oxygen atoms in total. The van der Waals surface area contributed by atoms with Gasteiger partial charge in [-0.05, 0) is 49.2 Å². The van der Waals surface area contributed by atoms with Crippen LogP contribution in [0.1, 0.15) is 34.1 Å². The zero-order chi connectivity index (χ0) is 19.8. The van der Waals surface area contributed by atoms with E-state index < -0.39 is 13.3 Å². The fourth-order valence-corrected chi connectivity index (χ4v) is 5.47. The molecule has 7 heteroatoms. The van der Waals surface area contributed by atoms with E-state index in [2.05, 4.69) is 11.1 Å². The first-order valence-electron chi connectivity index (χ1n) is 8.47. The Morgan fingerprint density at radius 2 is 2.04 bits per heavy atom. The van der Waals surface area contributed by atoms with Crippen LogP contribution in [0.2, 0.25) is 0 Å². The topological polar surface area (TPSA) is 109 Å². The smallest absolute Gasteiger partial charge is 0.266 e. The molecule has 1 amide bonds. The quantitative estimate of drug-likeness (QED) is 0.662. The number of hydrogen-bond acceptors (Lipinski definition) is 4. The number of rotatable bonds is 5. The first kappa shape index (κ1) is 18.9. The Morgan fingerprint density at radius 3 is 2.63 bits per heavy atom. The number of aromatic nitrogens is 1. The Labute approximate surface area is 157 Å². The van der Waals surface area contributed by atoms with E-state index in [4.69, 9.17) is 10.3 Å². The summed E-state index contributed by atoms with van der Waals surface area (Å²) in [4.78, 5) is 15.0. The van der Waals surface area contributed by atoms with Gasteiger partial charge >= 0.3 is 0 Å². The minimum atomic E-state index is -3.68. The number of carbonyl (C=O) groups is 1. The molecule has 0 aliphatic carbocycles. The monoisotopic (exact) mass is 381 g/mol. The average Bonchev–Trinajstić information content (AvgIpc) is 3.06. The number of fused-ring (bicyclic) bond motifs is 1. The summed E-state index contributed by atoms with van der Waals surface area (Å²) in [5.74, 6) is -0.719. The fraction of sp³-hybridized carbons (Fsp3) is 0.200. The van der Waals surface area contributed by atoms with Crippen molar-refractivity contribution >= 4 is 34.8 Å². The molecule has 27 heavy (non-hydrogen) atoms. The van der Waals surface area contributed by atoms with Crippen molar-refractivity contribution in [1.29, 1.82) is 5.26 Å². The van der Waals surface area contributed by atoms with Crippen molar-refractivity contribution in [1.82, 2.24) is 4.98 Å². The first-order valence-corrected chi connectivity index (χ1v) is 10.1. The lowest BCUT2D eigenvalue weighted by atomic mass is 10.1. The molecule has 2 aromatic carbocycles. The van der Waals surface area contributed by atoms with Crippen LogP contribution in [0, 0.1) is 18.3 Å². The Balaban J connectivity index is 2.41. The zero-order valence-corrected chi connectivity index (χ0v) is 16.3. The van der Waals surface area contributed by atoms with Gasteiger partial charge in [0.2, 0.25) is 0 Å². The van der Waals surface area contributed by atoms with E-state index in [1.165, 1.54) is 7.11 Å². The number of nitriles is 1. The van der Waals surface area contributed by atoms with Gasteiger partial charge in [0.15, 0.2) is 0 Å². The van der Waals surface area contributed by atoms with Crippen molar-refractivity contribution in [2.24, 2.45) is 5.73 Å². The minimum Gasteiger partial charge on any atom is -0.364 e. The summed E-state index contributed by atoms with van der Waals surface area (Å²) in [5.41, 5.74) is 8.45. The molecule has 0 saturated heterocycles. The van der Waals surface area contributed by atoms with Gasteiger partial charge in [0.1, 0.15) is 5.69 Å². The number of nitrogens with one attached hydrogen (secondary N) is 1. The van der Waals surface area contributed by atoms with Gasteiger partial charge in [-0.25, -0.2) is 0 Å². The van der Waals surface area contributed by atoms with E-state index in [-0.39, 0.29) is 11.0 Å². The maximum absolute atomic E-state index is 14.1. The van der Waals surface area contributed by atoms with E-state index in [1.807, 2.05) is 32.0 Å². The lowest BCUT2D eigenvalue weighted by Crippen LogP contribution is -2.26. The van der Waals surface area contributed by atoms with Crippen molar-refractivity contribution in [3.8, 4) is 6.07 Å². The molecule has 3 aromatic rings. The van der Waals surface area contributed by atoms with Crippen LogP contribution in [0.3, 0.4) is 0 Å². The van der Waals surface area contributed by atoms with E-state index in [1.54, 1.807) is 18.2 Å². The second-order valence-corrected chi connectivity index (χ2v) is 8.78. The molecule has 1 heterocycles. The minimum absolute atomic E-state index is 0.0567. The van der Waals surface area contributed by atoms with Crippen molar-refractivity contribution in [2.45, 2.75) is 20.3 Å². The van der Waals surface area contributed by atoms with E-state index in [9.17, 15) is 14.6 Å². The van der Waals surface area contributed by atoms with E-state index in [0.29, 0.717) is 28.2 Å². The third kappa shape index (κ3) is 3.16. The standard InChI is InChI=1S/C20H20N3O3P/c1-4-13-8-14(11-21)10-15(9-13)27(25,26-3)19-16-7-12(2)5-6-17(16)23-18(19)20(22)24/h5-10,23H,4H2,1-3H3,(H2,22,24). The molecule has 0 spiro atoms. The number of nitrogens with zero attached hydrogens (tertiary/aromatic N) is 1. The normalized spacial score (nSPS) is 13.3. The molecule has 1 atom stereocenters. The van der Waals surface area contributed by atoms with Crippen LogP contribution in [-0.4, -0.2) is 18.0 Å². The number of benzene rings is 2. The van der Waals surface area contributed by atoms with Crippen LogP contribution in [0.15, 0.2) is 36.4 Å². The summed E-state index contributed by atoms with van der Waals surface area (Å²) in [5, 5.41) is 10.6. The lowest BCUT2D eigenvalue weighted by Gasteiger charge is -2.19. The molecule has 0 fully saturated rings. The Hall–Kier alpha value is -2.87. The second kappa shape index (κ2) is 7.03. The molecule has 3 N–H and O–H groups in total. The summed E-state index contributed by atoms with van der Waals surface area (Å²) in [6.45, 7) is 3.85. The largest absolute Gasteiger partial charge is 0.364 e. The lowest BCUT2D eigenvalue weighted by molar-refractivity contribution is 0.0997. The van der Waals surface area contributed by atoms with Crippen molar-refractivity contribution < 1.29 is 13.9 Å². The van der Waals surface area contributed by atoms with Gasteiger partial charge in [-0.1, -0.05) is 18.6 Å². The molecule has 0 aliphatic rings. The molecule has 1 unspecified atom stereocenters. The zero-order valence-electron chi connectivity index (χ0n) is 15.4. The summed E-state index contributed by atoms with van der Waals surface area (Å²) in [6.07, 6.45) is 0.669. The Kier molecular flexibility index (Phi) is 4.93. The van der Waals surface area contributed by atoms with Crippen LogP contribution in [-0.2, 0) is 15.5 Å². The van der Waals surface area contributed by atoms with Crippen LogP contribution in [0.5, 0.6) is 0 Å². The molecule has 3 rings (SSSR count). The SMILES string of the molecule is CCc1cc(C#N)cc(P(=O)(OC)c2c(C(N)=O)[nH]c3ccc(C)cc23)c1. The maximum atomic E-state index is 14.1. The highest BCUT2D eigenvalue weighted by atomic mass is 31.2. The number of primary amides is 1. The number of hydrogen-bond donors (Lipinski definition) is 2. The van der Waals surface area contributed by atoms with Crippen LogP contribution >= 0.6 is 7.37 Å². The van der Waals surface area contributed by atoms with Gasteiger partial charge in [-0.15, -0.1) is 0 Å². The third-order valence-electron chi connectivity index (χ3n) is 4.58. The highest BCUT2D eigenvalue weighted by Crippen LogP contribution is 2.47. The van der Waals surface area contributed by atoms with Gasteiger partial charge in [-0.3, -0.25) is 9.36 Å². The highest BCUT2D eigenvalue weighted by molar-refractivity contribution is 7.75. The summed E-state index contributed by atoms with van der Waals surface area (Å²) in [6, 6.07) is 12.7. The predicted octanol–water partition coefficient (Wildman–Crippen LogP) is 2.88. The molecule has 0 bridgehead atoms. The molecule has 0 aliphatic heterocycles. The Morgan fingerprint density at radius 1 is 1.30 bits per heavy atom. The molecule has 1 aromatic heterocycles.